The van der Waals surface area contributed by atoms with Crippen LogP contribution in [0.2, 0.25) is 0 Å². The van der Waals surface area contributed by atoms with E-state index in [9.17, 15) is 14.4 Å². The SMILES string of the molecule is CS[C@H]1CN(C(=O)C2(NC(=O)c3ccc(N4CCN(C)CC4)cc3)CCCCC2)[C@@H]2C(=O)CO[C@H]12. The molecular weight excluding hydrogens is 464 g/mol. The zero-order chi connectivity index (χ0) is 24.6. The zero-order valence-corrected chi connectivity index (χ0v) is 21.5. The van der Waals surface area contributed by atoms with Gasteiger partial charge in [-0.2, -0.15) is 11.8 Å². The van der Waals surface area contributed by atoms with E-state index in [1.54, 1.807) is 16.7 Å². The summed E-state index contributed by atoms with van der Waals surface area (Å²) in [5.41, 5.74) is 0.706. The van der Waals surface area contributed by atoms with E-state index >= 15 is 0 Å². The Morgan fingerprint density at radius 2 is 1.74 bits per heavy atom. The van der Waals surface area contributed by atoms with E-state index in [4.69, 9.17) is 4.74 Å². The van der Waals surface area contributed by atoms with Crippen LogP contribution >= 0.6 is 11.8 Å². The van der Waals surface area contributed by atoms with Crippen LogP contribution in [-0.2, 0) is 14.3 Å². The Kier molecular flexibility index (Phi) is 7.10. The maximum Gasteiger partial charge on any atom is 0.252 e. The minimum absolute atomic E-state index is 0.0309. The first-order chi connectivity index (χ1) is 16.9. The topological polar surface area (TPSA) is 82.2 Å². The molecule has 9 heteroatoms. The average Bonchev–Trinajstić information content (AvgIpc) is 3.45. The summed E-state index contributed by atoms with van der Waals surface area (Å²) in [5.74, 6) is -0.377. The molecule has 1 N–H and O–H groups in total. The lowest BCUT2D eigenvalue weighted by molar-refractivity contribution is -0.143. The first kappa shape index (κ1) is 24.6. The molecule has 3 aliphatic heterocycles. The van der Waals surface area contributed by atoms with Crippen molar-refractivity contribution in [1.82, 2.24) is 15.1 Å². The maximum atomic E-state index is 14.0. The number of likely N-dealkylation sites (tertiary alicyclic amines) is 1. The molecule has 0 radical (unpaired) electrons. The van der Waals surface area contributed by atoms with Gasteiger partial charge in [0, 0.05) is 44.0 Å². The van der Waals surface area contributed by atoms with Gasteiger partial charge in [-0.15, -0.1) is 0 Å². The van der Waals surface area contributed by atoms with E-state index in [1.807, 2.05) is 30.5 Å². The number of amides is 2. The molecule has 3 atom stereocenters. The summed E-state index contributed by atoms with van der Waals surface area (Å²) < 4.78 is 5.75. The monoisotopic (exact) mass is 500 g/mol. The van der Waals surface area contributed by atoms with Crippen molar-refractivity contribution in [2.45, 2.75) is 55.0 Å². The second-order valence-electron chi connectivity index (χ2n) is 10.4. The Balaban J connectivity index is 1.33. The van der Waals surface area contributed by atoms with Crippen molar-refractivity contribution < 1.29 is 19.1 Å². The lowest BCUT2D eigenvalue weighted by Gasteiger charge is -2.40. The highest BCUT2D eigenvalue weighted by Crippen LogP contribution is 2.38. The van der Waals surface area contributed by atoms with Gasteiger partial charge in [0.1, 0.15) is 18.2 Å². The van der Waals surface area contributed by atoms with Gasteiger partial charge in [-0.05, 0) is 50.4 Å². The number of rotatable bonds is 5. The maximum absolute atomic E-state index is 14.0. The molecule has 0 spiro atoms. The van der Waals surface area contributed by atoms with Crippen LogP contribution in [0.3, 0.4) is 0 Å². The van der Waals surface area contributed by atoms with E-state index in [-0.39, 0.29) is 35.6 Å². The molecule has 1 aromatic rings. The Labute approximate surface area is 211 Å². The summed E-state index contributed by atoms with van der Waals surface area (Å²) in [7, 11) is 2.13. The number of carbonyl (C=O) groups is 3. The highest BCUT2D eigenvalue weighted by Gasteiger charge is 2.56. The summed E-state index contributed by atoms with van der Waals surface area (Å²) in [6, 6.07) is 7.18. The van der Waals surface area contributed by atoms with E-state index < -0.39 is 11.6 Å². The number of fused-ring (bicyclic) bond motifs is 1. The van der Waals surface area contributed by atoms with Crippen molar-refractivity contribution in [2.24, 2.45) is 0 Å². The van der Waals surface area contributed by atoms with Gasteiger partial charge in [-0.3, -0.25) is 14.4 Å². The molecule has 0 aromatic heterocycles. The fourth-order valence-electron chi connectivity index (χ4n) is 6.03. The van der Waals surface area contributed by atoms with Gasteiger partial charge < -0.3 is 24.8 Å². The van der Waals surface area contributed by atoms with Crippen LogP contribution in [0.1, 0.15) is 42.5 Å². The van der Waals surface area contributed by atoms with Crippen LogP contribution in [0.15, 0.2) is 24.3 Å². The van der Waals surface area contributed by atoms with Crippen molar-refractivity contribution in [3.05, 3.63) is 29.8 Å². The largest absolute Gasteiger partial charge is 0.369 e. The Hall–Kier alpha value is -2.10. The lowest BCUT2D eigenvalue weighted by atomic mass is 9.80. The predicted molar refractivity (Wildman–Crippen MR) is 137 cm³/mol. The standard InChI is InChI=1S/C26H36N4O4S/c1-28-12-14-29(15-13-28)19-8-6-18(7-9-19)24(32)27-26(10-4-3-5-11-26)25(33)30-16-21(35-2)23-22(30)20(31)17-34-23/h6-9,21-23H,3-5,10-17H2,1-2H3,(H,27,32)/t21-,22+,23+/m0/s1. The van der Waals surface area contributed by atoms with Gasteiger partial charge in [-0.25, -0.2) is 0 Å². The number of ether oxygens (including phenoxy) is 1. The number of piperazine rings is 1. The molecule has 8 nitrogen and oxygen atoms in total. The molecule has 0 unspecified atom stereocenters. The smallest absolute Gasteiger partial charge is 0.252 e. The third-order valence-corrected chi connectivity index (χ3v) is 9.19. The second-order valence-corrected chi connectivity index (χ2v) is 11.4. The molecule has 3 heterocycles. The highest BCUT2D eigenvalue weighted by atomic mass is 32.2. The van der Waals surface area contributed by atoms with Crippen molar-refractivity contribution in [3.8, 4) is 0 Å². The van der Waals surface area contributed by atoms with Crippen molar-refractivity contribution in [3.63, 3.8) is 0 Å². The molecule has 5 rings (SSSR count). The third-order valence-electron chi connectivity index (χ3n) is 8.17. The summed E-state index contributed by atoms with van der Waals surface area (Å²) in [6.45, 7) is 4.54. The number of hydrogen-bond donors (Lipinski definition) is 1. The highest BCUT2D eigenvalue weighted by molar-refractivity contribution is 7.99. The molecule has 4 aliphatic rings. The summed E-state index contributed by atoms with van der Waals surface area (Å²) in [5, 5.41) is 3.23. The molecule has 3 saturated heterocycles. The van der Waals surface area contributed by atoms with Gasteiger partial charge in [0.15, 0.2) is 5.78 Å². The lowest BCUT2D eigenvalue weighted by Crippen LogP contribution is -2.62. The van der Waals surface area contributed by atoms with Crippen LogP contribution in [0.4, 0.5) is 5.69 Å². The molecule has 1 aliphatic carbocycles. The second kappa shape index (κ2) is 10.1. The normalized spacial score (nSPS) is 28.7. The molecule has 35 heavy (non-hydrogen) atoms. The number of likely N-dealkylation sites (N-methyl/N-ethyl adjacent to an activating group) is 1. The van der Waals surface area contributed by atoms with E-state index in [0.29, 0.717) is 24.9 Å². The number of thioether (sulfide) groups is 1. The van der Waals surface area contributed by atoms with Gasteiger partial charge in [0.2, 0.25) is 5.91 Å². The Bertz CT molecular complexity index is 957. The molecule has 4 fully saturated rings. The third kappa shape index (κ3) is 4.70. The summed E-state index contributed by atoms with van der Waals surface area (Å²) in [6.07, 6.45) is 5.75. The number of nitrogens with one attached hydrogen (secondary N) is 1. The van der Waals surface area contributed by atoms with Crippen molar-refractivity contribution >= 4 is 35.0 Å². The molecular formula is C26H36N4O4S. The number of Topliss-reactive ketones (excluding diaryl/α,β-unsaturated/α-hetero) is 1. The number of anilines is 1. The Morgan fingerprint density at radius 3 is 2.40 bits per heavy atom. The van der Waals surface area contributed by atoms with E-state index in [1.165, 1.54) is 0 Å². The fraction of sp³-hybridized carbons (Fsp3) is 0.654. The van der Waals surface area contributed by atoms with Gasteiger partial charge in [0.25, 0.3) is 5.91 Å². The minimum atomic E-state index is -0.966. The molecule has 2 amide bonds. The number of nitrogens with zero attached hydrogens (tertiary/aromatic N) is 3. The first-order valence-electron chi connectivity index (χ1n) is 12.8. The molecule has 1 saturated carbocycles. The molecule has 190 valence electrons. The van der Waals surface area contributed by atoms with Gasteiger partial charge in [0.05, 0.1) is 11.4 Å². The minimum Gasteiger partial charge on any atom is -0.369 e. The predicted octanol–water partition coefficient (Wildman–Crippen LogP) is 1.78. The van der Waals surface area contributed by atoms with Crippen LogP contribution < -0.4 is 10.2 Å². The molecule has 1 aromatic carbocycles. The Morgan fingerprint density at radius 1 is 1.06 bits per heavy atom. The number of carbonyl (C=O) groups excluding carboxylic acids is 3. The summed E-state index contributed by atoms with van der Waals surface area (Å²) >= 11 is 1.64. The van der Waals surface area contributed by atoms with E-state index in [0.717, 1.165) is 51.1 Å². The number of benzene rings is 1. The first-order valence-corrected chi connectivity index (χ1v) is 14.0. The number of hydrogen-bond acceptors (Lipinski definition) is 7. The summed E-state index contributed by atoms with van der Waals surface area (Å²) in [4.78, 5) is 46.4. The van der Waals surface area contributed by atoms with Gasteiger partial charge in [-0.1, -0.05) is 19.3 Å². The van der Waals surface area contributed by atoms with Crippen LogP contribution in [0, 0.1) is 0 Å². The number of ketones is 1. The van der Waals surface area contributed by atoms with Crippen LogP contribution in [0.25, 0.3) is 0 Å². The van der Waals surface area contributed by atoms with Gasteiger partial charge >= 0.3 is 0 Å². The van der Waals surface area contributed by atoms with Crippen molar-refractivity contribution in [1.29, 1.82) is 0 Å². The van der Waals surface area contributed by atoms with Crippen molar-refractivity contribution in [2.75, 3.05) is 57.5 Å². The average molecular weight is 501 g/mol. The van der Waals surface area contributed by atoms with Crippen LogP contribution in [-0.4, -0.2) is 103 Å². The zero-order valence-electron chi connectivity index (χ0n) is 20.7. The quantitative estimate of drug-likeness (QED) is 0.660. The fourth-order valence-corrected chi connectivity index (χ4v) is 6.83. The van der Waals surface area contributed by atoms with Crippen LogP contribution in [0.5, 0.6) is 0 Å². The van der Waals surface area contributed by atoms with E-state index in [2.05, 4.69) is 22.2 Å². The molecule has 0 bridgehead atoms.